The largest absolute Gasteiger partial charge is 0.339 e. The van der Waals surface area contributed by atoms with E-state index in [1.165, 1.54) is 0 Å². The number of sulfonamides is 1. The van der Waals surface area contributed by atoms with E-state index in [-0.39, 0.29) is 17.2 Å². The van der Waals surface area contributed by atoms with Gasteiger partial charge in [0.1, 0.15) is 0 Å². The van der Waals surface area contributed by atoms with Crippen molar-refractivity contribution in [3.05, 3.63) is 36.0 Å². The highest BCUT2D eigenvalue weighted by Crippen LogP contribution is 2.27. The SMILES string of the molecule is CCCc1noc(CCC(=O)Nc2ccc(S(=O)(=O)N3CC(C)CC(C)C3)cc2)n1. The van der Waals surface area contributed by atoms with Gasteiger partial charge in [0.2, 0.25) is 21.8 Å². The van der Waals surface area contributed by atoms with Crippen LogP contribution < -0.4 is 5.32 Å². The van der Waals surface area contributed by atoms with E-state index in [1.807, 2.05) is 6.92 Å². The van der Waals surface area contributed by atoms with Gasteiger partial charge in [0, 0.05) is 38.0 Å². The maximum absolute atomic E-state index is 12.9. The third-order valence-electron chi connectivity index (χ3n) is 5.16. The quantitative estimate of drug-likeness (QED) is 0.684. The fourth-order valence-electron chi connectivity index (χ4n) is 3.82. The molecule has 1 fully saturated rings. The molecule has 30 heavy (non-hydrogen) atoms. The number of aryl methyl sites for hydroxylation is 2. The molecule has 1 saturated heterocycles. The van der Waals surface area contributed by atoms with Crippen LogP contribution in [-0.4, -0.2) is 41.9 Å². The molecular formula is C21H30N4O4S. The number of anilines is 1. The van der Waals surface area contributed by atoms with E-state index >= 15 is 0 Å². The van der Waals surface area contributed by atoms with Crippen molar-refractivity contribution >= 4 is 21.6 Å². The van der Waals surface area contributed by atoms with Gasteiger partial charge < -0.3 is 9.84 Å². The number of hydrogen-bond donors (Lipinski definition) is 1. The maximum atomic E-state index is 12.9. The molecule has 9 heteroatoms. The smallest absolute Gasteiger partial charge is 0.243 e. The van der Waals surface area contributed by atoms with Gasteiger partial charge in [-0.05, 0) is 48.9 Å². The number of hydrogen-bond acceptors (Lipinski definition) is 6. The number of rotatable bonds is 8. The van der Waals surface area contributed by atoms with Crippen LogP contribution in [0.3, 0.4) is 0 Å². The zero-order valence-electron chi connectivity index (χ0n) is 17.8. The highest BCUT2D eigenvalue weighted by atomic mass is 32.2. The van der Waals surface area contributed by atoms with Crippen LogP contribution in [0.1, 0.15) is 51.7 Å². The Kier molecular flexibility index (Phi) is 7.25. The Morgan fingerprint density at radius 1 is 1.17 bits per heavy atom. The van der Waals surface area contributed by atoms with Gasteiger partial charge in [0.25, 0.3) is 0 Å². The van der Waals surface area contributed by atoms with Crippen LogP contribution in [0.4, 0.5) is 5.69 Å². The maximum Gasteiger partial charge on any atom is 0.243 e. The number of nitrogens with one attached hydrogen (secondary N) is 1. The second kappa shape index (κ2) is 9.70. The summed E-state index contributed by atoms with van der Waals surface area (Å²) in [5.41, 5.74) is 0.552. The van der Waals surface area contributed by atoms with Gasteiger partial charge in [-0.3, -0.25) is 4.79 Å². The fourth-order valence-corrected chi connectivity index (χ4v) is 5.50. The van der Waals surface area contributed by atoms with Crippen molar-refractivity contribution in [3.63, 3.8) is 0 Å². The first kappa shape index (κ1) is 22.4. The number of carbonyl (C=O) groups excluding carboxylic acids is 1. The van der Waals surface area contributed by atoms with Crippen molar-refractivity contribution < 1.29 is 17.7 Å². The first-order valence-electron chi connectivity index (χ1n) is 10.5. The van der Waals surface area contributed by atoms with Crippen molar-refractivity contribution in [1.82, 2.24) is 14.4 Å². The first-order valence-corrected chi connectivity index (χ1v) is 11.9. The lowest BCUT2D eigenvalue weighted by Crippen LogP contribution is -2.42. The van der Waals surface area contributed by atoms with Gasteiger partial charge in [-0.15, -0.1) is 0 Å². The first-order chi connectivity index (χ1) is 14.3. The van der Waals surface area contributed by atoms with Crippen LogP contribution in [-0.2, 0) is 27.7 Å². The van der Waals surface area contributed by atoms with E-state index in [0.717, 1.165) is 19.3 Å². The van der Waals surface area contributed by atoms with Gasteiger partial charge in [0.15, 0.2) is 5.82 Å². The third-order valence-corrected chi connectivity index (χ3v) is 7.01. The van der Waals surface area contributed by atoms with Gasteiger partial charge >= 0.3 is 0 Å². The highest BCUT2D eigenvalue weighted by molar-refractivity contribution is 7.89. The molecule has 2 heterocycles. The van der Waals surface area contributed by atoms with Crippen molar-refractivity contribution in [1.29, 1.82) is 0 Å². The van der Waals surface area contributed by atoms with Crippen LogP contribution >= 0.6 is 0 Å². The molecule has 0 radical (unpaired) electrons. The Hall–Kier alpha value is -2.26. The summed E-state index contributed by atoms with van der Waals surface area (Å²) >= 11 is 0. The summed E-state index contributed by atoms with van der Waals surface area (Å²) in [5.74, 6) is 1.60. The third kappa shape index (κ3) is 5.66. The number of benzene rings is 1. The van der Waals surface area contributed by atoms with Gasteiger partial charge in [-0.25, -0.2) is 8.42 Å². The average Bonchev–Trinajstić information content (AvgIpc) is 3.14. The molecule has 8 nitrogen and oxygen atoms in total. The number of nitrogens with zero attached hydrogens (tertiary/aromatic N) is 3. The monoisotopic (exact) mass is 434 g/mol. The van der Waals surface area contributed by atoms with E-state index in [1.54, 1.807) is 28.6 Å². The summed E-state index contributed by atoms with van der Waals surface area (Å²) in [6, 6.07) is 6.33. The molecule has 0 spiro atoms. The molecule has 2 atom stereocenters. The minimum atomic E-state index is -3.53. The Labute approximate surface area is 178 Å². The molecule has 1 aromatic carbocycles. The van der Waals surface area contributed by atoms with E-state index in [0.29, 0.717) is 48.7 Å². The Morgan fingerprint density at radius 2 is 1.83 bits per heavy atom. The summed E-state index contributed by atoms with van der Waals surface area (Å²) in [4.78, 5) is 16.7. The fraction of sp³-hybridized carbons (Fsp3) is 0.571. The van der Waals surface area contributed by atoms with Crippen LogP contribution in [0, 0.1) is 11.8 Å². The number of piperidine rings is 1. The zero-order chi connectivity index (χ0) is 21.7. The lowest BCUT2D eigenvalue weighted by molar-refractivity contribution is -0.116. The number of amides is 1. The molecule has 0 saturated carbocycles. The molecule has 3 rings (SSSR count). The molecule has 1 aliphatic heterocycles. The topological polar surface area (TPSA) is 105 Å². The van der Waals surface area contributed by atoms with Gasteiger partial charge in [-0.1, -0.05) is 25.9 Å². The van der Waals surface area contributed by atoms with Crippen LogP contribution in [0.25, 0.3) is 0 Å². The minimum Gasteiger partial charge on any atom is -0.339 e. The molecule has 164 valence electrons. The van der Waals surface area contributed by atoms with Crippen LogP contribution in [0.15, 0.2) is 33.7 Å². The van der Waals surface area contributed by atoms with E-state index in [9.17, 15) is 13.2 Å². The van der Waals surface area contributed by atoms with Crippen molar-refractivity contribution in [2.75, 3.05) is 18.4 Å². The zero-order valence-corrected chi connectivity index (χ0v) is 18.6. The Morgan fingerprint density at radius 3 is 2.47 bits per heavy atom. The summed E-state index contributed by atoms with van der Waals surface area (Å²) in [6.45, 7) is 7.28. The lowest BCUT2D eigenvalue weighted by atomic mass is 9.94. The molecule has 2 aromatic rings. The molecule has 2 unspecified atom stereocenters. The molecular weight excluding hydrogens is 404 g/mol. The van der Waals surface area contributed by atoms with Crippen LogP contribution in [0.2, 0.25) is 0 Å². The average molecular weight is 435 g/mol. The molecule has 0 bridgehead atoms. The van der Waals surface area contributed by atoms with Crippen molar-refractivity contribution in [2.24, 2.45) is 11.8 Å². The lowest BCUT2D eigenvalue weighted by Gasteiger charge is -2.34. The van der Waals surface area contributed by atoms with E-state index < -0.39 is 10.0 Å². The predicted octanol–water partition coefficient (Wildman–Crippen LogP) is 3.26. The molecule has 1 aromatic heterocycles. The highest BCUT2D eigenvalue weighted by Gasteiger charge is 2.31. The van der Waals surface area contributed by atoms with Crippen molar-refractivity contribution in [2.45, 2.75) is 57.8 Å². The second-order valence-electron chi connectivity index (χ2n) is 8.19. The van der Waals surface area contributed by atoms with Gasteiger partial charge in [0.05, 0.1) is 4.90 Å². The Balaban J connectivity index is 1.56. The van der Waals surface area contributed by atoms with Gasteiger partial charge in [-0.2, -0.15) is 9.29 Å². The van der Waals surface area contributed by atoms with E-state index in [2.05, 4.69) is 29.3 Å². The summed E-state index contributed by atoms with van der Waals surface area (Å²) < 4.78 is 32.6. The Bertz CT molecular complexity index is 946. The molecule has 1 aliphatic rings. The molecule has 1 amide bonds. The summed E-state index contributed by atoms with van der Waals surface area (Å²) in [6.07, 6.45) is 3.29. The van der Waals surface area contributed by atoms with Crippen LogP contribution in [0.5, 0.6) is 0 Å². The second-order valence-corrected chi connectivity index (χ2v) is 10.1. The summed E-state index contributed by atoms with van der Waals surface area (Å²) in [5, 5.41) is 6.65. The summed E-state index contributed by atoms with van der Waals surface area (Å²) in [7, 11) is -3.53. The molecule has 1 N–H and O–H groups in total. The van der Waals surface area contributed by atoms with E-state index in [4.69, 9.17) is 4.52 Å². The van der Waals surface area contributed by atoms with Crippen molar-refractivity contribution in [3.8, 4) is 0 Å². The molecule has 0 aliphatic carbocycles. The minimum absolute atomic E-state index is 0.195. The number of carbonyl (C=O) groups is 1. The normalized spacial score (nSPS) is 20.2. The number of aromatic nitrogens is 2. The predicted molar refractivity (Wildman–Crippen MR) is 113 cm³/mol. The standard InChI is InChI=1S/C21H30N4O4S/c1-4-5-19-23-21(29-24-19)11-10-20(26)22-17-6-8-18(9-7-17)30(27,28)25-13-15(2)12-16(3)14-25/h6-9,15-16H,4-5,10-14H2,1-3H3,(H,22,26).